The molecule has 0 aliphatic rings. The first-order valence-electron chi connectivity index (χ1n) is 6.09. The lowest BCUT2D eigenvalue weighted by molar-refractivity contribution is -0.274. The van der Waals surface area contributed by atoms with Crippen LogP contribution in [0.2, 0.25) is 0 Å². The first kappa shape index (κ1) is 21.2. The van der Waals surface area contributed by atoms with E-state index in [-0.39, 0.29) is 40.4 Å². The number of halogens is 4. The molecule has 4 nitrogen and oxygen atoms in total. The summed E-state index contributed by atoms with van der Waals surface area (Å²) in [6.45, 7) is 4.61. The van der Waals surface area contributed by atoms with Gasteiger partial charge in [-0.1, -0.05) is 0 Å². The lowest BCUT2D eigenvalue weighted by Crippen LogP contribution is -2.27. The van der Waals surface area contributed by atoms with Crippen molar-refractivity contribution in [1.29, 1.82) is 0 Å². The van der Waals surface area contributed by atoms with Crippen molar-refractivity contribution in [3.63, 3.8) is 0 Å². The smallest absolute Gasteiger partial charge is 0.406 e. The molecule has 126 valence electrons. The molecule has 0 atom stereocenters. The zero-order valence-electron chi connectivity index (χ0n) is 12.4. The summed E-state index contributed by atoms with van der Waals surface area (Å²) < 4.78 is 39.8. The average molecular weight is 449 g/mol. The third kappa shape index (κ3) is 8.57. The number of nitrogens with zero attached hydrogens (tertiary/aromatic N) is 1. The number of thioether (sulfide) groups is 1. The number of alkyl halides is 3. The van der Waals surface area contributed by atoms with Crippen LogP contribution in [0.15, 0.2) is 29.3 Å². The van der Waals surface area contributed by atoms with Crippen molar-refractivity contribution in [1.82, 2.24) is 0 Å². The minimum absolute atomic E-state index is 0. The van der Waals surface area contributed by atoms with Crippen LogP contribution in [0.4, 0.5) is 18.9 Å². The lowest BCUT2D eigenvalue weighted by atomic mass is 10.2. The molecule has 0 spiro atoms. The number of benzene rings is 1. The van der Waals surface area contributed by atoms with Crippen molar-refractivity contribution in [3.05, 3.63) is 24.3 Å². The molecule has 0 aliphatic heterocycles. The van der Waals surface area contributed by atoms with Gasteiger partial charge in [-0.2, -0.15) is 11.8 Å². The summed E-state index contributed by atoms with van der Waals surface area (Å²) in [4.78, 5) is 4.20. The van der Waals surface area contributed by atoms with Gasteiger partial charge in [0.2, 0.25) is 0 Å². The molecule has 1 rings (SSSR count). The van der Waals surface area contributed by atoms with Crippen LogP contribution in [-0.4, -0.2) is 29.9 Å². The molecule has 0 saturated carbocycles. The molecule has 0 amide bonds. The summed E-state index contributed by atoms with van der Waals surface area (Å²) in [5.41, 5.74) is 6.26. The Labute approximate surface area is 149 Å². The normalized spacial score (nSPS) is 12.5. The second-order valence-corrected chi connectivity index (χ2v) is 6.38. The molecular weight excluding hydrogens is 430 g/mol. The van der Waals surface area contributed by atoms with Crippen LogP contribution in [0.3, 0.4) is 0 Å². The van der Waals surface area contributed by atoms with Crippen LogP contribution in [-0.2, 0) is 0 Å². The third-order valence-electron chi connectivity index (χ3n) is 2.54. The maximum atomic E-state index is 12.0. The molecule has 3 N–H and O–H groups in total. The van der Waals surface area contributed by atoms with Crippen molar-refractivity contribution in [2.24, 2.45) is 10.7 Å². The van der Waals surface area contributed by atoms with Crippen molar-refractivity contribution in [2.45, 2.75) is 25.0 Å². The van der Waals surface area contributed by atoms with Gasteiger partial charge in [0.1, 0.15) is 5.75 Å². The maximum absolute atomic E-state index is 12.0. The van der Waals surface area contributed by atoms with Crippen LogP contribution in [0.25, 0.3) is 0 Å². The fourth-order valence-electron chi connectivity index (χ4n) is 1.27. The second kappa shape index (κ2) is 8.70. The minimum atomic E-state index is -4.70. The summed E-state index contributed by atoms with van der Waals surface area (Å²) in [5.74, 6) is -0.0753. The quantitative estimate of drug-likeness (QED) is 0.404. The third-order valence-corrected chi connectivity index (χ3v) is 3.78. The SMILES string of the molecule is CSC(C)(C)CN=C(N)Nc1ccc(OC(F)(F)F)cc1.I. The fourth-order valence-corrected chi connectivity index (χ4v) is 1.46. The van der Waals surface area contributed by atoms with E-state index in [4.69, 9.17) is 5.73 Å². The summed E-state index contributed by atoms with van der Waals surface area (Å²) in [6, 6.07) is 5.27. The molecule has 0 heterocycles. The van der Waals surface area contributed by atoms with E-state index >= 15 is 0 Å². The number of ether oxygens (including phenoxy) is 1. The van der Waals surface area contributed by atoms with E-state index in [0.29, 0.717) is 12.2 Å². The molecule has 9 heteroatoms. The Morgan fingerprint density at radius 1 is 1.27 bits per heavy atom. The Bertz CT molecular complexity index is 492. The Morgan fingerprint density at radius 3 is 2.27 bits per heavy atom. The van der Waals surface area contributed by atoms with Gasteiger partial charge in [0.25, 0.3) is 0 Å². The Hall–Kier alpha value is -0.840. The molecule has 22 heavy (non-hydrogen) atoms. The van der Waals surface area contributed by atoms with Gasteiger partial charge in [0, 0.05) is 10.4 Å². The van der Waals surface area contributed by atoms with Gasteiger partial charge in [-0.15, -0.1) is 37.1 Å². The zero-order valence-corrected chi connectivity index (χ0v) is 15.5. The van der Waals surface area contributed by atoms with Crippen molar-refractivity contribution < 1.29 is 17.9 Å². The average Bonchev–Trinajstić information content (AvgIpc) is 2.37. The predicted octanol–water partition coefficient (Wildman–Crippen LogP) is 4.07. The predicted molar refractivity (Wildman–Crippen MR) is 96.2 cm³/mol. The lowest BCUT2D eigenvalue weighted by Gasteiger charge is -2.19. The standard InChI is InChI=1S/C13H18F3N3OS.HI/c1-12(2,21-3)8-18-11(17)19-9-4-6-10(7-5-9)20-13(14,15)16;/h4-7H,8H2,1-3H3,(H3,17,18,19);1H. The largest absolute Gasteiger partial charge is 0.573 e. The number of nitrogens with one attached hydrogen (secondary N) is 1. The van der Waals surface area contributed by atoms with E-state index in [1.165, 1.54) is 24.3 Å². The summed E-state index contributed by atoms with van der Waals surface area (Å²) in [6.07, 6.45) is -2.71. The number of hydrogen-bond acceptors (Lipinski definition) is 3. The number of hydrogen-bond donors (Lipinski definition) is 2. The van der Waals surface area contributed by atoms with Crippen molar-refractivity contribution in [3.8, 4) is 5.75 Å². The van der Waals surface area contributed by atoms with Crippen molar-refractivity contribution in [2.75, 3.05) is 18.1 Å². The molecule has 1 aromatic rings. The van der Waals surface area contributed by atoms with Crippen LogP contribution in [0.1, 0.15) is 13.8 Å². The van der Waals surface area contributed by atoms with Gasteiger partial charge in [0.05, 0.1) is 6.54 Å². The maximum Gasteiger partial charge on any atom is 0.573 e. The molecule has 0 aliphatic carbocycles. The summed E-state index contributed by atoms with van der Waals surface area (Å²) >= 11 is 1.67. The van der Waals surface area contributed by atoms with E-state index in [2.05, 4.69) is 15.0 Å². The number of nitrogens with two attached hydrogens (primary N) is 1. The van der Waals surface area contributed by atoms with E-state index in [1.807, 2.05) is 20.1 Å². The van der Waals surface area contributed by atoms with Gasteiger partial charge in [-0.05, 0) is 44.4 Å². The first-order chi connectivity index (χ1) is 9.61. The monoisotopic (exact) mass is 449 g/mol. The van der Waals surface area contributed by atoms with Gasteiger partial charge < -0.3 is 15.8 Å². The first-order valence-corrected chi connectivity index (χ1v) is 7.32. The fraction of sp³-hybridized carbons (Fsp3) is 0.462. The highest BCUT2D eigenvalue weighted by Crippen LogP contribution is 2.24. The van der Waals surface area contributed by atoms with Gasteiger partial charge in [-0.3, -0.25) is 4.99 Å². The van der Waals surface area contributed by atoms with Crippen LogP contribution in [0.5, 0.6) is 5.75 Å². The van der Waals surface area contributed by atoms with Gasteiger partial charge in [0.15, 0.2) is 5.96 Å². The molecular formula is C13H19F3IN3OS. The van der Waals surface area contributed by atoms with Crippen LogP contribution >= 0.6 is 35.7 Å². The minimum Gasteiger partial charge on any atom is -0.406 e. The number of rotatable bonds is 5. The topological polar surface area (TPSA) is 59.6 Å². The molecule has 0 fully saturated rings. The Balaban J connectivity index is 0.00000441. The molecule has 0 bridgehead atoms. The molecule has 0 saturated heterocycles. The van der Waals surface area contributed by atoms with Gasteiger partial charge in [-0.25, -0.2) is 0 Å². The highest BCUT2D eigenvalue weighted by molar-refractivity contribution is 14.0. The second-order valence-electron chi connectivity index (χ2n) is 4.86. The zero-order chi connectivity index (χ0) is 16.1. The Kier molecular flexibility index (Phi) is 8.37. The van der Waals surface area contributed by atoms with E-state index in [9.17, 15) is 13.2 Å². The molecule has 1 aromatic carbocycles. The molecule has 0 unspecified atom stereocenters. The van der Waals surface area contributed by atoms with E-state index < -0.39 is 6.36 Å². The number of anilines is 1. The van der Waals surface area contributed by atoms with Crippen LogP contribution in [0, 0.1) is 0 Å². The van der Waals surface area contributed by atoms with E-state index in [0.717, 1.165) is 0 Å². The molecule has 0 radical (unpaired) electrons. The van der Waals surface area contributed by atoms with E-state index in [1.54, 1.807) is 11.8 Å². The number of aliphatic imine (C=N–C) groups is 1. The van der Waals surface area contributed by atoms with Crippen LogP contribution < -0.4 is 15.8 Å². The highest BCUT2D eigenvalue weighted by Gasteiger charge is 2.30. The molecule has 0 aromatic heterocycles. The van der Waals surface area contributed by atoms with Crippen molar-refractivity contribution >= 4 is 47.4 Å². The number of guanidine groups is 1. The Morgan fingerprint density at radius 2 is 1.82 bits per heavy atom. The summed E-state index contributed by atoms with van der Waals surface area (Å²) in [7, 11) is 0. The summed E-state index contributed by atoms with van der Waals surface area (Å²) in [5, 5.41) is 2.81. The highest BCUT2D eigenvalue weighted by atomic mass is 127. The van der Waals surface area contributed by atoms with Gasteiger partial charge >= 0.3 is 6.36 Å².